The molecule has 4 aliphatic rings. The lowest BCUT2D eigenvalue weighted by atomic mass is 9.76. The lowest BCUT2D eigenvalue weighted by Crippen LogP contribution is -2.34. The number of fused-ring (bicyclic) bond motifs is 6. The molecule has 8 rings (SSSR count). The van der Waals surface area contributed by atoms with Gasteiger partial charge in [-0.1, -0.05) is 80.1 Å². The molecule has 0 N–H and O–H groups in total. The van der Waals surface area contributed by atoms with Crippen LogP contribution < -0.4 is 10.0 Å². The maximum Gasteiger partial charge on any atom is 0.210 e. The van der Waals surface area contributed by atoms with Crippen molar-refractivity contribution in [2.75, 3.05) is 11.4 Å². The maximum atomic E-state index is 13.7. The minimum atomic E-state index is -0.348. The number of benzene rings is 4. The highest BCUT2D eigenvalue weighted by Gasteiger charge is 2.47. The number of unbranched alkanes of at least 4 members (excludes halogenated alkanes) is 1. The molecule has 4 heteroatoms. The maximum absolute atomic E-state index is 13.7. The van der Waals surface area contributed by atoms with Crippen LogP contribution in [0, 0.1) is 0 Å². The molecule has 2 atom stereocenters. The van der Waals surface area contributed by atoms with Crippen molar-refractivity contribution in [2.24, 2.45) is 0 Å². The second kappa shape index (κ2) is 10.1. The normalized spacial score (nSPS) is 22.6. The number of anilines is 2. The Morgan fingerprint density at radius 2 is 1.73 bits per heavy atom. The molecule has 1 fully saturated rings. The van der Waals surface area contributed by atoms with E-state index in [0.29, 0.717) is 28.7 Å². The van der Waals surface area contributed by atoms with Gasteiger partial charge in [-0.05, 0) is 72.9 Å². The van der Waals surface area contributed by atoms with E-state index in [0.717, 1.165) is 30.8 Å². The predicted molar refractivity (Wildman–Crippen MR) is 177 cm³/mol. The molecule has 4 aromatic carbocycles. The van der Waals surface area contributed by atoms with E-state index < -0.39 is 0 Å². The fraction of sp³-hybridized carbons (Fsp3) is 0.300. The van der Waals surface area contributed by atoms with Crippen LogP contribution in [-0.4, -0.2) is 28.7 Å². The van der Waals surface area contributed by atoms with E-state index >= 15 is 0 Å². The van der Waals surface area contributed by atoms with Crippen LogP contribution in [0.15, 0.2) is 102 Å². The van der Waals surface area contributed by atoms with Gasteiger partial charge >= 0.3 is 0 Å². The van der Waals surface area contributed by atoms with Crippen molar-refractivity contribution in [3.63, 3.8) is 0 Å². The summed E-state index contributed by atoms with van der Waals surface area (Å²) >= 11 is 0. The van der Waals surface area contributed by atoms with Gasteiger partial charge in [0.2, 0.25) is 5.69 Å². The minimum Gasteiger partial charge on any atom is -0.871 e. The highest BCUT2D eigenvalue weighted by molar-refractivity contribution is 6.40. The van der Waals surface area contributed by atoms with E-state index in [4.69, 9.17) is 0 Å². The first kappa shape index (κ1) is 27.1. The molecule has 4 aromatic rings. The molecule has 0 bridgehead atoms. The summed E-state index contributed by atoms with van der Waals surface area (Å²) in [6.07, 6.45) is 7.67. The Hall–Kier alpha value is -4.44. The molecule has 2 heterocycles. The van der Waals surface area contributed by atoms with Crippen LogP contribution >= 0.6 is 0 Å². The van der Waals surface area contributed by atoms with Crippen LogP contribution in [0.2, 0.25) is 0 Å². The highest BCUT2D eigenvalue weighted by atomic mass is 16.3. The van der Waals surface area contributed by atoms with Gasteiger partial charge in [0.15, 0.2) is 11.5 Å². The molecular weight excluding hydrogens is 540 g/mol. The molecule has 0 radical (unpaired) electrons. The molecule has 2 unspecified atom stereocenters. The molecular formula is C40H38N2O2. The Kier molecular flexibility index (Phi) is 6.20. The van der Waals surface area contributed by atoms with Crippen LogP contribution in [0.5, 0.6) is 0 Å². The summed E-state index contributed by atoms with van der Waals surface area (Å²) < 4.78 is 2.34. The number of hydrogen-bond acceptors (Lipinski definition) is 3. The average molecular weight is 579 g/mol. The second-order valence-electron chi connectivity index (χ2n) is 13.4. The summed E-state index contributed by atoms with van der Waals surface area (Å²) in [5, 5.41) is 16.1. The van der Waals surface area contributed by atoms with Gasteiger partial charge in [-0.3, -0.25) is 4.79 Å². The van der Waals surface area contributed by atoms with Crippen molar-refractivity contribution in [2.45, 2.75) is 70.3 Å². The molecule has 4 nitrogen and oxygen atoms in total. The van der Waals surface area contributed by atoms with Gasteiger partial charge < -0.3 is 10.0 Å². The fourth-order valence-corrected chi connectivity index (χ4v) is 8.43. The van der Waals surface area contributed by atoms with Crippen molar-refractivity contribution in [1.29, 1.82) is 0 Å². The number of hydrogen-bond donors (Lipinski definition) is 0. The van der Waals surface area contributed by atoms with Gasteiger partial charge in [-0.2, -0.15) is 4.58 Å². The van der Waals surface area contributed by atoms with Crippen LogP contribution in [0.4, 0.5) is 17.1 Å². The van der Waals surface area contributed by atoms with Gasteiger partial charge in [-0.15, -0.1) is 0 Å². The minimum absolute atomic E-state index is 0.148. The summed E-state index contributed by atoms with van der Waals surface area (Å²) in [5.74, 6) is 0.287. The molecule has 0 saturated heterocycles. The molecule has 2 aliphatic heterocycles. The number of nitrogens with zero attached hydrogens (tertiary/aromatic N) is 2. The number of rotatable bonds is 6. The zero-order chi connectivity index (χ0) is 30.2. The van der Waals surface area contributed by atoms with E-state index in [1.165, 1.54) is 52.5 Å². The standard InChI is InChI=1S/C40H38N2O2/c1-4-5-23-41-34-22-19-25-11-6-7-12-28(25)37(34)40(2,3)35(41)24-31-38(43)36(39(31)44)26-17-20-27(21-18-26)42-32-15-9-8-13-29(32)30-14-10-16-33(30)42/h6-9,11-13,15,17-22,24,30,33H,4-5,10,14,16,23H2,1-3H3. The van der Waals surface area contributed by atoms with E-state index in [2.05, 4.69) is 103 Å². The van der Waals surface area contributed by atoms with Crippen molar-refractivity contribution < 1.29 is 14.5 Å². The predicted octanol–water partition coefficient (Wildman–Crippen LogP) is 8.08. The van der Waals surface area contributed by atoms with Gasteiger partial charge in [0, 0.05) is 58.6 Å². The third-order valence-corrected chi connectivity index (χ3v) is 10.6. The molecule has 0 amide bonds. The van der Waals surface area contributed by atoms with E-state index in [1.807, 2.05) is 18.2 Å². The Labute approximate surface area is 259 Å². The lowest BCUT2D eigenvalue weighted by Gasteiger charge is -2.32. The quantitative estimate of drug-likeness (QED) is 0.172. The van der Waals surface area contributed by atoms with E-state index in [-0.39, 0.29) is 17.0 Å². The smallest absolute Gasteiger partial charge is 0.210 e. The zero-order valence-corrected chi connectivity index (χ0v) is 25.8. The number of allylic oxidation sites excluding steroid dienone is 3. The average Bonchev–Trinajstić information content (AvgIpc) is 3.69. The van der Waals surface area contributed by atoms with Crippen molar-refractivity contribution in [1.82, 2.24) is 0 Å². The Balaban J connectivity index is 1.15. The monoisotopic (exact) mass is 578 g/mol. The van der Waals surface area contributed by atoms with Crippen molar-refractivity contribution in [3.05, 3.63) is 119 Å². The topological polar surface area (TPSA) is 46.4 Å². The molecule has 0 spiro atoms. The lowest BCUT2D eigenvalue weighted by molar-refractivity contribution is -0.438. The zero-order valence-electron chi connectivity index (χ0n) is 25.8. The second-order valence-corrected chi connectivity index (χ2v) is 13.4. The highest BCUT2D eigenvalue weighted by Crippen LogP contribution is 2.52. The number of para-hydroxylation sites is 1. The molecule has 44 heavy (non-hydrogen) atoms. The van der Waals surface area contributed by atoms with Gasteiger partial charge in [-0.25, -0.2) is 0 Å². The van der Waals surface area contributed by atoms with Crippen LogP contribution in [0.3, 0.4) is 0 Å². The largest absolute Gasteiger partial charge is 0.871 e. The number of ketones is 1. The molecule has 220 valence electrons. The third kappa shape index (κ3) is 3.83. The SMILES string of the molecule is CCCC[N+]1=C(/C=C2\C(=O)C(c3ccc(N4c5ccccc5C5CCCC54)cc3)=C2[O-])C(C)(C)c2c1ccc1ccccc21. The van der Waals surface area contributed by atoms with Crippen molar-refractivity contribution in [3.8, 4) is 0 Å². The number of carbonyl (C=O) groups is 1. The molecule has 1 saturated carbocycles. The Morgan fingerprint density at radius 3 is 2.52 bits per heavy atom. The van der Waals surface area contributed by atoms with Crippen molar-refractivity contribution >= 4 is 44.9 Å². The number of carbonyl (C=O) groups excluding carboxylic acids is 1. The Morgan fingerprint density at radius 1 is 0.955 bits per heavy atom. The Bertz CT molecular complexity index is 1940. The summed E-state index contributed by atoms with van der Waals surface area (Å²) in [5.41, 5.74) is 8.32. The van der Waals surface area contributed by atoms with E-state index in [1.54, 1.807) is 0 Å². The summed E-state index contributed by atoms with van der Waals surface area (Å²) in [6, 6.07) is 30.2. The first-order valence-electron chi connectivity index (χ1n) is 16.2. The summed E-state index contributed by atoms with van der Waals surface area (Å²) in [7, 11) is 0. The van der Waals surface area contributed by atoms with Gasteiger partial charge in [0.25, 0.3) is 0 Å². The first-order valence-corrected chi connectivity index (χ1v) is 16.2. The summed E-state index contributed by atoms with van der Waals surface area (Å²) in [6.45, 7) is 7.49. The number of Topliss-reactive ketones (excluding diaryl/α,β-unsaturated/α-hetero) is 1. The molecule has 2 aliphatic carbocycles. The van der Waals surface area contributed by atoms with Crippen LogP contribution in [0.25, 0.3) is 16.3 Å². The van der Waals surface area contributed by atoms with Crippen LogP contribution in [-0.2, 0) is 10.2 Å². The first-order chi connectivity index (χ1) is 21.4. The fourth-order valence-electron chi connectivity index (χ4n) is 8.43. The third-order valence-electron chi connectivity index (χ3n) is 10.6. The van der Waals surface area contributed by atoms with Crippen LogP contribution in [0.1, 0.15) is 75.5 Å². The van der Waals surface area contributed by atoms with E-state index in [9.17, 15) is 9.90 Å². The van der Waals surface area contributed by atoms with Gasteiger partial charge in [0.05, 0.1) is 5.41 Å². The summed E-state index contributed by atoms with van der Waals surface area (Å²) in [4.78, 5) is 16.1. The molecule has 0 aromatic heterocycles. The van der Waals surface area contributed by atoms with Gasteiger partial charge in [0.1, 0.15) is 6.54 Å².